The monoisotopic (exact) mass is 374 g/mol. The Morgan fingerprint density at radius 1 is 0.556 bits per heavy atom. The van der Waals surface area contributed by atoms with E-state index in [1.165, 1.54) is 38.5 Å². The minimum atomic E-state index is 0.648. The maximum Gasteiger partial charge on any atom is -0.0349 e. The van der Waals surface area contributed by atoms with Crippen molar-refractivity contribution in [2.45, 2.75) is 113 Å². The van der Waals surface area contributed by atoms with E-state index >= 15 is 0 Å². The predicted octanol–water partition coefficient (Wildman–Crippen LogP) is 8.60. The molecule has 0 N–H and O–H groups in total. The SMILES string of the molecule is CC(C)C1C[C@@H]2C[C@H](C1)CC(C)(C)C2.CC1C[C@@H]2CC(C(C)C)C[C@H](C1)C2. The quantitative estimate of drug-likeness (QED) is 0.454. The van der Waals surface area contributed by atoms with Crippen molar-refractivity contribution in [2.24, 2.45) is 58.7 Å². The molecule has 4 rings (SSSR count). The third kappa shape index (κ3) is 5.99. The van der Waals surface area contributed by atoms with Crippen LogP contribution in [0.1, 0.15) is 113 Å². The Morgan fingerprint density at radius 3 is 1.33 bits per heavy atom. The van der Waals surface area contributed by atoms with Crippen molar-refractivity contribution in [2.75, 3.05) is 0 Å². The smallest absolute Gasteiger partial charge is 0.0349 e. The molecule has 0 aromatic heterocycles. The van der Waals surface area contributed by atoms with Gasteiger partial charge in [-0.25, -0.2) is 0 Å². The zero-order valence-electron chi connectivity index (χ0n) is 19.8. The van der Waals surface area contributed by atoms with Crippen molar-refractivity contribution in [1.82, 2.24) is 0 Å². The molecule has 0 saturated heterocycles. The van der Waals surface area contributed by atoms with Gasteiger partial charge >= 0.3 is 0 Å². The Hall–Kier alpha value is 0. The van der Waals surface area contributed by atoms with Gasteiger partial charge in [-0.15, -0.1) is 0 Å². The second kappa shape index (κ2) is 8.79. The minimum absolute atomic E-state index is 0.648. The van der Waals surface area contributed by atoms with Crippen molar-refractivity contribution in [3.05, 3.63) is 0 Å². The third-order valence-electron chi connectivity index (χ3n) is 8.92. The molecule has 0 heteroatoms. The number of hydrogen-bond acceptors (Lipinski definition) is 0. The van der Waals surface area contributed by atoms with Crippen molar-refractivity contribution in [1.29, 1.82) is 0 Å². The van der Waals surface area contributed by atoms with Crippen LogP contribution in [0.2, 0.25) is 0 Å². The molecule has 4 bridgehead atoms. The summed E-state index contributed by atoms with van der Waals surface area (Å²) in [6.07, 6.45) is 15.3. The molecule has 0 aromatic carbocycles. The van der Waals surface area contributed by atoms with Crippen molar-refractivity contribution in [3.63, 3.8) is 0 Å². The standard InChI is InChI=1S/C14H26.C13H24/c1-10(2)13-6-11-5-12(7-13)9-14(3,4)8-11;1-9(2)13-7-11-4-10(3)5-12(6-11)8-13/h10-13H,5-9H2,1-4H3;9-13H,4-8H2,1-3H3/t11-,12+,13?;10?,11-,12+,13?. The third-order valence-corrected chi connectivity index (χ3v) is 8.92. The average Bonchev–Trinajstić information content (AvgIpc) is 2.52. The van der Waals surface area contributed by atoms with Gasteiger partial charge in [0.15, 0.2) is 0 Å². The van der Waals surface area contributed by atoms with Crippen LogP contribution in [-0.2, 0) is 0 Å². The minimum Gasteiger partial charge on any atom is -0.0625 e. The van der Waals surface area contributed by atoms with Crippen LogP contribution < -0.4 is 0 Å². The highest BCUT2D eigenvalue weighted by Crippen LogP contribution is 2.51. The molecule has 7 atom stereocenters. The number of fused-ring (bicyclic) bond motifs is 4. The maximum absolute atomic E-state index is 2.47. The first-order chi connectivity index (χ1) is 12.6. The summed E-state index contributed by atoms with van der Waals surface area (Å²) in [6.45, 7) is 17.1. The van der Waals surface area contributed by atoms with Crippen molar-refractivity contribution >= 4 is 0 Å². The van der Waals surface area contributed by atoms with E-state index in [1.54, 1.807) is 25.7 Å². The maximum atomic E-state index is 2.47. The van der Waals surface area contributed by atoms with Gasteiger partial charge in [0.2, 0.25) is 0 Å². The van der Waals surface area contributed by atoms with Crippen LogP contribution in [0, 0.1) is 58.7 Å². The number of hydrogen-bond donors (Lipinski definition) is 0. The van der Waals surface area contributed by atoms with Gasteiger partial charge in [0.1, 0.15) is 0 Å². The summed E-state index contributed by atoms with van der Waals surface area (Å²) in [6, 6.07) is 0. The summed E-state index contributed by atoms with van der Waals surface area (Å²) in [7, 11) is 0. The molecule has 0 aromatic rings. The summed E-state index contributed by atoms with van der Waals surface area (Å²) in [5, 5.41) is 0. The normalized spacial score (nSPS) is 43.2. The van der Waals surface area contributed by atoms with Crippen LogP contribution in [0.25, 0.3) is 0 Å². The molecule has 4 fully saturated rings. The average molecular weight is 375 g/mol. The van der Waals surface area contributed by atoms with E-state index in [4.69, 9.17) is 0 Å². The molecule has 0 nitrogen and oxygen atoms in total. The van der Waals surface area contributed by atoms with E-state index in [-0.39, 0.29) is 0 Å². The van der Waals surface area contributed by atoms with Gasteiger partial charge in [0.25, 0.3) is 0 Å². The lowest BCUT2D eigenvalue weighted by Crippen LogP contribution is -2.36. The number of rotatable bonds is 2. The second-order valence-electron chi connectivity index (χ2n) is 13.0. The Balaban J connectivity index is 0.000000156. The molecule has 4 aliphatic carbocycles. The van der Waals surface area contributed by atoms with Gasteiger partial charge in [-0.1, -0.05) is 48.5 Å². The summed E-state index contributed by atoms with van der Waals surface area (Å²) in [4.78, 5) is 0. The Bertz CT molecular complexity index is 425. The van der Waals surface area contributed by atoms with Crippen LogP contribution in [-0.4, -0.2) is 0 Å². The van der Waals surface area contributed by atoms with E-state index in [2.05, 4.69) is 48.5 Å². The van der Waals surface area contributed by atoms with E-state index in [0.717, 1.165) is 53.3 Å². The lowest BCUT2D eigenvalue weighted by atomic mass is 9.58. The van der Waals surface area contributed by atoms with Crippen molar-refractivity contribution in [3.8, 4) is 0 Å². The predicted molar refractivity (Wildman–Crippen MR) is 120 cm³/mol. The van der Waals surface area contributed by atoms with Crippen molar-refractivity contribution < 1.29 is 0 Å². The van der Waals surface area contributed by atoms with Gasteiger partial charge in [-0.05, 0) is 123 Å². The van der Waals surface area contributed by atoms with Crippen LogP contribution >= 0.6 is 0 Å². The molecule has 3 unspecified atom stereocenters. The fraction of sp³-hybridized carbons (Fsp3) is 1.00. The topological polar surface area (TPSA) is 0 Å². The van der Waals surface area contributed by atoms with Gasteiger partial charge in [0, 0.05) is 0 Å². The van der Waals surface area contributed by atoms with Crippen LogP contribution in [0.4, 0.5) is 0 Å². The molecule has 0 aliphatic heterocycles. The highest BCUT2D eigenvalue weighted by molar-refractivity contribution is 4.91. The first kappa shape index (κ1) is 21.7. The molecule has 4 saturated carbocycles. The van der Waals surface area contributed by atoms with E-state index in [9.17, 15) is 0 Å². The molecule has 0 heterocycles. The molecular weight excluding hydrogens is 324 g/mol. The second-order valence-corrected chi connectivity index (χ2v) is 13.0. The van der Waals surface area contributed by atoms with Crippen LogP contribution in [0.15, 0.2) is 0 Å². The Kier molecular flexibility index (Phi) is 7.06. The first-order valence-corrected chi connectivity index (χ1v) is 12.6. The molecule has 27 heavy (non-hydrogen) atoms. The summed E-state index contributed by atoms with van der Waals surface area (Å²) in [5.41, 5.74) is 0.648. The van der Waals surface area contributed by atoms with E-state index < -0.39 is 0 Å². The van der Waals surface area contributed by atoms with E-state index in [1.807, 2.05) is 0 Å². The van der Waals surface area contributed by atoms with Crippen LogP contribution in [0.3, 0.4) is 0 Å². The lowest BCUT2D eigenvalue weighted by molar-refractivity contribution is 0.0397. The fourth-order valence-corrected chi connectivity index (χ4v) is 7.92. The zero-order valence-corrected chi connectivity index (χ0v) is 19.8. The largest absolute Gasteiger partial charge is 0.0625 e. The first-order valence-electron chi connectivity index (χ1n) is 12.6. The summed E-state index contributed by atoms with van der Waals surface area (Å²) < 4.78 is 0. The molecule has 4 aliphatic rings. The highest BCUT2D eigenvalue weighted by atomic mass is 14.5. The summed E-state index contributed by atoms with van der Waals surface area (Å²) >= 11 is 0. The highest BCUT2D eigenvalue weighted by Gasteiger charge is 2.40. The Morgan fingerprint density at radius 2 is 0.926 bits per heavy atom. The molecule has 0 amide bonds. The van der Waals surface area contributed by atoms with Gasteiger partial charge in [-0.2, -0.15) is 0 Å². The summed E-state index contributed by atoms with van der Waals surface area (Å²) in [5.74, 6) is 9.27. The molecule has 0 radical (unpaired) electrons. The molecule has 0 spiro atoms. The fourth-order valence-electron chi connectivity index (χ4n) is 7.92. The molecule has 158 valence electrons. The lowest BCUT2D eigenvalue weighted by Gasteiger charge is -2.47. The van der Waals surface area contributed by atoms with Crippen LogP contribution in [0.5, 0.6) is 0 Å². The zero-order chi connectivity index (χ0) is 19.8. The molecular formula is C27H50. The van der Waals surface area contributed by atoms with Gasteiger partial charge < -0.3 is 0 Å². The van der Waals surface area contributed by atoms with Gasteiger partial charge in [-0.3, -0.25) is 0 Å². The Labute approximate surface area is 171 Å². The van der Waals surface area contributed by atoms with E-state index in [0.29, 0.717) is 5.41 Å². The van der Waals surface area contributed by atoms with Gasteiger partial charge in [0.05, 0.1) is 0 Å².